The van der Waals surface area contributed by atoms with Crippen LogP contribution in [0.2, 0.25) is 0 Å². The van der Waals surface area contributed by atoms with Crippen molar-refractivity contribution < 1.29 is 54.3 Å². The molecule has 0 aromatic rings. The highest BCUT2D eigenvalue weighted by atomic mass is 16.4. The number of allylic oxidation sites excluding steroid dienone is 1. The van der Waals surface area contributed by atoms with E-state index in [0.29, 0.717) is 32.1 Å². The minimum Gasteiger partial charge on any atom is -0.481 e. The number of rotatable bonds is 46. The smallest absolute Gasteiger partial charge is 0.321 e. The van der Waals surface area contributed by atoms with Crippen LogP contribution in [0.5, 0.6) is 0 Å². The van der Waals surface area contributed by atoms with Gasteiger partial charge < -0.3 is 25.5 Å². The molecule has 62 heavy (non-hydrogen) atoms. The number of Topliss-reactive ketones (excluding diaryl/α,β-unsaturated/α-hetero) is 1. The number of hydrogen-bond acceptors (Lipinski definition) is 6. The van der Waals surface area contributed by atoms with Crippen LogP contribution in [0.3, 0.4) is 0 Å². The molecule has 5 N–H and O–H groups in total. The molecule has 0 saturated heterocycles. The van der Waals surface area contributed by atoms with Crippen LogP contribution in [-0.2, 0) is 28.8 Å². The van der Waals surface area contributed by atoms with Gasteiger partial charge >= 0.3 is 29.8 Å². The van der Waals surface area contributed by atoms with Crippen LogP contribution in [0.25, 0.3) is 0 Å². The standard InChI is InChI=1S/C26H46O5.C25H46O6/c1-3-4-5-6-7-9-12-15-18-21-26(23(2)27,25(30)31)22-19-16-13-10-8-11-14-17-20-24(28)29;1-2-3-4-5-6-8-11-14-17-20-25(23(28)29,24(30)31)21-18-15-12-9-7-10-13-16-19-22(26)27/h3H,1,4-22H2,2H3,(H,28,29)(H,30,31);2-21H2,1H3,(H,26,27)(H,28,29)(H,30,31). The summed E-state index contributed by atoms with van der Waals surface area (Å²) in [5.41, 5.74) is -2.85. The number of ketones is 1. The fraction of sp³-hybridized carbons (Fsp3) is 0.843. The molecule has 0 fully saturated rings. The van der Waals surface area contributed by atoms with Gasteiger partial charge in [-0.2, -0.15) is 0 Å². The number of carbonyl (C=O) groups is 6. The molecular formula is C51H92O11. The molecule has 0 bridgehead atoms. The SMILES string of the molecule is C=CCCCCCCCCCC(CCCCCCCCCCC(=O)O)(C(C)=O)C(=O)O.CCCCCCCCCCCC(CCCCCCCCCCC(=O)O)(C(=O)O)C(=O)O. The molecule has 0 saturated carbocycles. The zero-order valence-electron chi connectivity index (χ0n) is 39.5. The summed E-state index contributed by atoms with van der Waals surface area (Å²) >= 11 is 0. The summed E-state index contributed by atoms with van der Waals surface area (Å²) in [5.74, 6) is -5.03. The van der Waals surface area contributed by atoms with E-state index < -0.39 is 40.7 Å². The molecule has 0 spiro atoms. The topological polar surface area (TPSA) is 204 Å². The molecule has 0 rings (SSSR count). The van der Waals surface area contributed by atoms with Crippen LogP contribution in [0, 0.1) is 10.8 Å². The van der Waals surface area contributed by atoms with Crippen LogP contribution in [0.4, 0.5) is 0 Å². The van der Waals surface area contributed by atoms with Crippen molar-refractivity contribution in [1.29, 1.82) is 0 Å². The van der Waals surface area contributed by atoms with Gasteiger partial charge in [0, 0.05) is 12.8 Å². The number of aliphatic carboxylic acids is 5. The molecule has 1 unspecified atom stereocenters. The number of hydrogen-bond donors (Lipinski definition) is 5. The molecule has 0 aliphatic rings. The van der Waals surface area contributed by atoms with Crippen molar-refractivity contribution in [3.63, 3.8) is 0 Å². The first-order valence-electron chi connectivity index (χ1n) is 25.0. The van der Waals surface area contributed by atoms with Crippen molar-refractivity contribution in [2.24, 2.45) is 10.8 Å². The molecule has 0 heterocycles. The van der Waals surface area contributed by atoms with Crippen LogP contribution in [0.1, 0.15) is 264 Å². The summed E-state index contributed by atoms with van der Waals surface area (Å²) in [7, 11) is 0. The van der Waals surface area contributed by atoms with Crippen LogP contribution >= 0.6 is 0 Å². The minimum atomic E-state index is -1.64. The Bertz CT molecular complexity index is 1150. The first-order valence-corrected chi connectivity index (χ1v) is 25.0. The summed E-state index contributed by atoms with van der Waals surface area (Å²) in [6, 6.07) is 0. The van der Waals surface area contributed by atoms with Crippen molar-refractivity contribution in [3.05, 3.63) is 12.7 Å². The number of carbonyl (C=O) groups excluding carboxylic acids is 1. The van der Waals surface area contributed by atoms with Gasteiger partial charge in [-0.15, -0.1) is 6.58 Å². The van der Waals surface area contributed by atoms with E-state index in [-0.39, 0.29) is 31.5 Å². The molecule has 362 valence electrons. The van der Waals surface area contributed by atoms with Gasteiger partial charge in [-0.3, -0.25) is 28.8 Å². The molecule has 11 heteroatoms. The largest absolute Gasteiger partial charge is 0.481 e. The average Bonchev–Trinajstić information content (AvgIpc) is 3.21. The van der Waals surface area contributed by atoms with E-state index >= 15 is 0 Å². The Balaban J connectivity index is 0. The van der Waals surface area contributed by atoms with Crippen molar-refractivity contribution in [2.75, 3.05) is 0 Å². The zero-order chi connectivity index (χ0) is 46.7. The lowest BCUT2D eigenvalue weighted by molar-refractivity contribution is -0.166. The fourth-order valence-corrected chi connectivity index (χ4v) is 8.35. The van der Waals surface area contributed by atoms with E-state index in [4.69, 9.17) is 10.2 Å². The Labute approximate surface area is 376 Å². The Kier molecular flexibility index (Phi) is 41.0. The summed E-state index contributed by atoms with van der Waals surface area (Å²) < 4.78 is 0. The quantitative estimate of drug-likeness (QED) is 0.0221. The molecule has 0 aromatic heterocycles. The van der Waals surface area contributed by atoms with Crippen LogP contribution in [-0.4, -0.2) is 61.2 Å². The molecule has 0 aliphatic carbocycles. The Morgan fingerprint density at radius 1 is 0.371 bits per heavy atom. The van der Waals surface area contributed by atoms with Gasteiger partial charge in [-0.25, -0.2) is 0 Å². The summed E-state index contributed by atoms with van der Waals surface area (Å²) in [5, 5.41) is 46.3. The van der Waals surface area contributed by atoms with E-state index in [1.165, 1.54) is 64.7 Å². The number of carboxylic acid groups (broad SMARTS) is 5. The first-order chi connectivity index (χ1) is 29.7. The van der Waals surface area contributed by atoms with E-state index in [2.05, 4.69) is 13.5 Å². The molecular weight excluding hydrogens is 789 g/mol. The fourth-order valence-electron chi connectivity index (χ4n) is 8.35. The monoisotopic (exact) mass is 881 g/mol. The van der Waals surface area contributed by atoms with Crippen molar-refractivity contribution >= 4 is 35.6 Å². The molecule has 0 amide bonds. The van der Waals surface area contributed by atoms with Crippen molar-refractivity contribution in [2.45, 2.75) is 264 Å². The average molecular weight is 881 g/mol. The number of carboxylic acids is 5. The summed E-state index contributed by atoms with van der Waals surface area (Å²) in [6.07, 6.45) is 37.4. The van der Waals surface area contributed by atoms with Crippen LogP contribution < -0.4 is 0 Å². The third-order valence-corrected chi connectivity index (χ3v) is 12.6. The second-order valence-corrected chi connectivity index (χ2v) is 18.0. The third kappa shape index (κ3) is 33.3. The molecule has 0 aromatic carbocycles. The van der Waals surface area contributed by atoms with E-state index in [0.717, 1.165) is 135 Å². The molecule has 11 nitrogen and oxygen atoms in total. The van der Waals surface area contributed by atoms with Gasteiger partial charge in [-0.05, 0) is 58.3 Å². The van der Waals surface area contributed by atoms with Gasteiger partial charge in [0.2, 0.25) is 0 Å². The highest BCUT2D eigenvalue weighted by Gasteiger charge is 2.45. The van der Waals surface area contributed by atoms with Gasteiger partial charge in [-0.1, -0.05) is 199 Å². The minimum absolute atomic E-state index is 0.202. The maximum Gasteiger partial charge on any atom is 0.321 e. The summed E-state index contributed by atoms with van der Waals surface area (Å²) in [6.45, 7) is 7.37. The van der Waals surface area contributed by atoms with E-state index in [1.54, 1.807) is 0 Å². The van der Waals surface area contributed by atoms with E-state index in [9.17, 15) is 44.1 Å². The van der Waals surface area contributed by atoms with Gasteiger partial charge in [0.15, 0.2) is 5.41 Å². The lowest BCUT2D eigenvalue weighted by Crippen LogP contribution is -2.39. The maximum atomic E-state index is 12.3. The second-order valence-electron chi connectivity index (χ2n) is 18.0. The maximum absolute atomic E-state index is 12.3. The Morgan fingerprint density at radius 2 is 0.613 bits per heavy atom. The predicted octanol–water partition coefficient (Wildman–Crippen LogP) is 14.4. The van der Waals surface area contributed by atoms with Crippen LogP contribution in [0.15, 0.2) is 12.7 Å². The third-order valence-electron chi connectivity index (χ3n) is 12.6. The number of unbranched alkanes of at least 4 members (excludes halogenated alkanes) is 29. The van der Waals surface area contributed by atoms with E-state index in [1.807, 2.05) is 6.08 Å². The lowest BCUT2D eigenvalue weighted by atomic mass is 9.75. The predicted molar refractivity (Wildman–Crippen MR) is 250 cm³/mol. The first kappa shape index (κ1) is 60.8. The Morgan fingerprint density at radius 3 is 0.855 bits per heavy atom. The van der Waals surface area contributed by atoms with Gasteiger partial charge in [0.05, 0.1) is 0 Å². The van der Waals surface area contributed by atoms with Gasteiger partial charge in [0.25, 0.3) is 0 Å². The van der Waals surface area contributed by atoms with Crippen molar-refractivity contribution in [1.82, 2.24) is 0 Å². The lowest BCUT2D eigenvalue weighted by Gasteiger charge is -2.27. The normalized spacial score (nSPS) is 12.2. The van der Waals surface area contributed by atoms with Crippen molar-refractivity contribution in [3.8, 4) is 0 Å². The molecule has 0 radical (unpaired) electrons. The second kappa shape index (κ2) is 41.8. The highest BCUT2D eigenvalue weighted by molar-refractivity contribution is 6.01. The zero-order valence-corrected chi connectivity index (χ0v) is 39.5. The van der Waals surface area contributed by atoms with Gasteiger partial charge in [0.1, 0.15) is 11.2 Å². The Hall–Kier alpha value is -3.24. The molecule has 1 atom stereocenters. The highest BCUT2D eigenvalue weighted by Crippen LogP contribution is 2.35. The summed E-state index contributed by atoms with van der Waals surface area (Å²) in [4.78, 5) is 68.8. The molecule has 0 aliphatic heterocycles.